The number of hydrogen-bond acceptors (Lipinski definition) is 3. The molecule has 1 rings (SSSR count). The van der Waals surface area contributed by atoms with E-state index in [0.717, 1.165) is 5.56 Å². The van der Waals surface area contributed by atoms with E-state index in [9.17, 15) is 4.79 Å². The van der Waals surface area contributed by atoms with Crippen LogP contribution in [0.25, 0.3) is 0 Å². The number of aliphatic hydroxyl groups excluding tert-OH is 1. The van der Waals surface area contributed by atoms with Gasteiger partial charge in [-0.3, -0.25) is 0 Å². The van der Waals surface area contributed by atoms with E-state index in [4.69, 9.17) is 9.84 Å². The van der Waals surface area contributed by atoms with E-state index in [1.54, 1.807) is 13.2 Å². The topological polar surface area (TPSA) is 70.6 Å². The summed E-state index contributed by atoms with van der Waals surface area (Å²) in [6.07, 6.45) is 0.546. The second kappa shape index (κ2) is 6.75. The van der Waals surface area contributed by atoms with Crippen LogP contribution in [0.4, 0.5) is 10.5 Å². The normalized spacial score (nSPS) is 9.82. The van der Waals surface area contributed by atoms with Crippen molar-refractivity contribution in [2.75, 3.05) is 25.6 Å². The Hall–Kier alpha value is -1.75. The molecule has 1 aromatic rings. The van der Waals surface area contributed by atoms with Gasteiger partial charge in [-0.05, 0) is 25.0 Å². The molecule has 0 aliphatic heterocycles. The van der Waals surface area contributed by atoms with Crippen LogP contribution in [-0.2, 0) is 0 Å². The average Bonchev–Trinajstić information content (AvgIpc) is 2.32. The third-order valence-electron chi connectivity index (χ3n) is 2.31. The summed E-state index contributed by atoms with van der Waals surface area (Å²) >= 11 is 0. The number of aliphatic hydroxyl groups is 1. The molecule has 0 bridgehead atoms. The number of rotatable bonds is 5. The molecule has 0 saturated heterocycles. The molecule has 3 N–H and O–H groups in total. The molecular formula is C12H18N2O3. The smallest absolute Gasteiger partial charge is 0.319 e. The van der Waals surface area contributed by atoms with Gasteiger partial charge in [0.2, 0.25) is 0 Å². The highest BCUT2D eigenvalue weighted by molar-refractivity contribution is 5.90. The molecule has 2 amide bonds. The quantitative estimate of drug-likeness (QED) is 0.681. The third-order valence-corrected chi connectivity index (χ3v) is 2.31. The number of aryl methyl sites for hydroxylation is 1. The first-order valence-corrected chi connectivity index (χ1v) is 5.47. The number of methoxy groups -OCH3 is 1. The Morgan fingerprint density at radius 1 is 1.47 bits per heavy atom. The second-order valence-electron chi connectivity index (χ2n) is 3.64. The minimum atomic E-state index is -0.283. The standard InChI is InChI=1S/C12H18N2O3/c1-9-4-5-10(17-2)8-11(9)14-12(16)13-6-3-7-15/h4-5,8,15H,3,6-7H2,1-2H3,(H2,13,14,16). The van der Waals surface area contributed by atoms with Gasteiger partial charge < -0.3 is 20.5 Å². The number of amides is 2. The van der Waals surface area contributed by atoms with Crippen molar-refractivity contribution < 1.29 is 14.6 Å². The summed E-state index contributed by atoms with van der Waals surface area (Å²) in [4.78, 5) is 11.5. The van der Waals surface area contributed by atoms with Gasteiger partial charge >= 0.3 is 6.03 Å². The Bertz CT molecular complexity index is 380. The van der Waals surface area contributed by atoms with Crippen molar-refractivity contribution in [2.45, 2.75) is 13.3 Å². The summed E-state index contributed by atoms with van der Waals surface area (Å²) in [7, 11) is 1.58. The van der Waals surface area contributed by atoms with Crippen LogP contribution in [0.2, 0.25) is 0 Å². The number of carbonyl (C=O) groups is 1. The van der Waals surface area contributed by atoms with E-state index in [2.05, 4.69) is 10.6 Å². The maximum atomic E-state index is 11.5. The lowest BCUT2D eigenvalue weighted by Gasteiger charge is -2.10. The van der Waals surface area contributed by atoms with Gasteiger partial charge in [0, 0.05) is 24.9 Å². The number of nitrogens with one attached hydrogen (secondary N) is 2. The maximum Gasteiger partial charge on any atom is 0.319 e. The van der Waals surface area contributed by atoms with Crippen LogP contribution in [0.1, 0.15) is 12.0 Å². The monoisotopic (exact) mass is 238 g/mol. The number of anilines is 1. The summed E-state index contributed by atoms with van der Waals surface area (Å²) in [5.74, 6) is 0.696. The largest absolute Gasteiger partial charge is 0.497 e. The molecule has 0 atom stereocenters. The number of carbonyl (C=O) groups excluding carboxylic acids is 1. The first kappa shape index (κ1) is 13.3. The molecule has 5 heteroatoms. The lowest BCUT2D eigenvalue weighted by Crippen LogP contribution is -2.30. The van der Waals surface area contributed by atoms with Crippen LogP contribution >= 0.6 is 0 Å². The van der Waals surface area contributed by atoms with Crippen molar-refractivity contribution >= 4 is 11.7 Å². The molecule has 17 heavy (non-hydrogen) atoms. The zero-order valence-corrected chi connectivity index (χ0v) is 10.1. The molecule has 0 saturated carbocycles. The molecule has 0 spiro atoms. The number of urea groups is 1. The lowest BCUT2D eigenvalue weighted by atomic mass is 10.2. The molecule has 0 radical (unpaired) electrons. The van der Waals surface area contributed by atoms with Gasteiger partial charge in [-0.15, -0.1) is 0 Å². The van der Waals surface area contributed by atoms with Gasteiger partial charge in [0.1, 0.15) is 5.75 Å². The molecule has 0 fully saturated rings. The zero-order chi connectivity index (χ0) is 12.7. The Kier molecular flexibility index (Phi) is 5.29. The highest BCUT2D eigenvalue weighted by Gasteiger charge is 2.04. The van der Waals surface area contributed by atoms with Crippen LogP contribution in [-0.4, -0.2) is 31.4 Å². The van der Waals surface area contributed by atoms with Crippen LogP contribution in [0, 0.1) is 6.92 Å². The van der Waals surface area contributed by atoms with Gasteiger partial charge in [0.25, 0.3) is 0 Å². The number of benzene rings is 1. The highest BCUT2D eigenvalue weighted by Crippen LogP contribution is 2.21. The maximum absolute atomic E-state index is 11.5. The minimum absolute atomic E-state index is 0.0679. The second-order valence-corrected chi connectivity index (χ2v) is 3.64. The fourth-order valence-corrected chi connectivity index (χ4v) is 1.31. The molecule has 94 valence electrons. The first-order chi connectivity index (χ1) is 8.17. The molecule has 1 aromatic carbocycles. The Morgan fingerprint density at radius 2 is 2.24 bits per heavy atom. The van der Waals surface area contributed by atoms with Crippen LogP contribution in [0.5, 0.6) is 5.75 Å². The van der Waals surface area contributed by atoms with Crippen molar-refractivity contribution in [2.24, 2.45) is 0 Å². The fraction of sp³-hybridized carbons (Fsp3) is 0.417. The minimum Gasteiger partial charge on any atom is -0.497 e. The predicted molar refractivity (Wildman–Crippen MR) is 66.5 cm³/mol. The van der Waals surface area contributed by atoms with Crippen LogP contribution in [0.15, 0.2) is 18.2 Å². The van der Waals surface area contributed by atoms with Crippen molar-refractivity contribution in [3.63, 3.8) is 0 Å². The SMILES string of the molecule is COc1ccc(C)c(NC(=O)NCCCO)c1. The number of hydrogen-bond donors (Lipinski definition) is 3. The molecule has 0 aromatic heterocycles. The van der Waals surface area contributed by atoms with Gasteiger partial charge in [0.05, 0.1) is 7.11 Å². The van der Waals surface area contributed by atoms with Crippen molar-refractivity contribution in [3.8, 4) is 5.75 Å². The van der Waals surface area contributed by atoms with E-state index >= 15 is 0 Å². The highest BCUT2D eigenvalue weighted by atomic mass is 16.5. The summed E-state index contributed by atoms with van der Waals surface area (Å²) in [5.41, 5.74) is 1.67. The van der Waals surface area contributed by atoms with Gasteiger partial charge in [-0.25, -0.2) is 4.79 Å². The van der Waals surface area contributed by atoms with Gasteiger partial charge in [0.15, 0.2) is 0 Å². The van der Waals surface area contributed by atoms with Crippen LogP contribution in [0.3, 0.4) is 0 Å². The molecule has 0 aliphatic carbocycles. The van der Waals surface area contributed by atoms with Crippen LogP contribution < -0.4 is 15.4 Å². The van der Waals surface area contributed by atoms with Gasteiger partial charge in [-0.2, -0.15) is 0 Å². The first-order valence-electron chi connectivity index (χ1n) is 5.47. The van der Waals surface area contributed by atoms with E-state index in [-0.39, 0.29) is 12.6 Å². The lowest BCUT2D eigenvalue weighted by molar-refractivity contribution is 0.249. The average molecular weight is 238 g/mol. The summed E-state index contributed by atoms with van der Waals surface area (Å²) < 4.78 is 5.09. The Balaban J connectivity index is 2.57. The third kappa shape index (κ3) is 4.32. The van der Waals surface area contributed by atoms with E-state index < -0.39 is 0 Å². The van der Waals surface area contributed by atoms with E-state index in [0.29, 0.717) is 24.4 Å². The molecule has 0 heterocycles. The van der Waals surface area contributed by atoms with E-state index in [1.807, 2.05) is 19.1 Å². The van der Waals surface area contributed by atoms with Gasteiger partial charge in [-0.1, -0.05) is 6.07 Å². The fourth-order valence-electron chi connectivity index (χ4n) is 1.31. The summed E-state index contributed by atoms with van der Waals surface area (Å²) in [6, 6.07) is 5.20. The Labute approximate surface area is 101 Å². The Morgan fingerprint density at radius 3 is 2.88 bits per heavy atom. The number of ether oxygens (including phenoxy) is 1. The van der Waals surface area contributed by atoms with E-state index in [1.165, 1.54) is 0 Å². The van der Waals surface area contributed by atoms with Crippen molar-refractivity contribution in [3.05, 3.63) is 23.8 Å². The zero-order valence-electron chi connectivity index (χ0n) is 10.1. The molecule has 5 nitrogen and oxygen atoms in total. The molecule has 0 unspecified atom stereocenters. The molecule has 0 aliphatic rings. The predicted octanol–water partition coefficient (Wildman–Crippen LogP) is 1.51. The summed E-state index contributed by atoms with van der Waals surface area (Å²) in [5, 5.41) is 14.0. The van der Waals surface area contributed by atoms with Crippen molar-refractivity contribution in [1.82, 2.24) is 5.32 Å². The van der Waals surface area contributed by atoms with Crippen molar-refractivity contribution in [1.29, 1.82) is 0 Å². The summed E-state index contributed by atoms with van der Waals surface area (Å²) in [6.45, 7) is 2.42. The molecular weight excluding hydrogens is 220 g/mol.